The summed E-state index contributed by atoms with van der Waals surface area (Å²) < 4.78 is 0. The Morgan fingerprint density at radius 3 is 1.86 bits per heavy atom. The number of rotatable bonds is 15. The van der Waals surface area contributed by atoms with Gasteiger partial charge in [-0.1, -0.05) is 50.6 Å². The molecular weight excluding hydrogens is 472 g/mol. The summed E-state index contributed by atoms with van der Waals surface area (Å²) in [6.45, 7) is 3.37. The first-order valence-corrected chi connectivity index (χ1v) is 11.4. The van der Waals surface area contributed by atoms with Crippen LogP contribution in [0.2, 0.25) is 0 Å². The lowest BCUT2D eigenvalue weighted by Gasteiger charge is -2.26. The van der Waals surface area contributed by atoms with E-state index >= 15 is 0 Å². The van der Waals surface area contributed by atoms with E-state index < -0.39 is 78.4 Å². The van der Waals surface area contributed by atoms with Crippen molar-refractivity contribution >= 4 is 35.5 Å². The Bertz CT molecular complexity index is 956. The molecule has 36 heavy (non-hydrogen) atoms. The molecule has 10 N–H and O–H groups in total. The third kappa shape index (κ3) is 10.1. The number of nitrogens with two attached hydrogens (primary N) is 3. The van der Waals surface area contributed by atoms with Crippen LogP contribution in [0.15, 0.2) is 30.3 Å². The first-order chi connectivity index (χ1) is 16.8. The second-order valence-electron chi connectivity index (χ2n) is 8.47. The molecule has 0 heterocycles. The molecule has 5 atom stereocenters. The van der Waals surface area contributed by atoms with E-state index in [0.717, 1.165) is 0 Å². The number of amides is 5. The standard InChI is InChI=1S/C23H34N6O7/c1-3-12(2)19(23(35)36)29-22(34)16(11-18(26)31)28-21(33)15(9-13-7-5-4-6-8-13)27-20(32)14(24)10-17(25)30/h4-8,12,14-16,19H,3,9-11,24H2,1-2H3,(H2,25,30)(H2,26,31)(H,27,32)(H,28,33)(H,29,34)(H,35,36). The molecule has 1 aromatic carbocycles. The van der Waals surface area contributed by atoms with Crippen LogP contribution in [0.5, 0.6) is 0 Å². The van der Waals surface area contributed by atoms with Crippen molar-refractivity contribution in [2.45, 2.75) is 63.7 Å². The smallest absolute Gasteiger partial charge is 0.326 e. The van der Waals surface area contributed by atoms with Gasteiger partial charge >= 0.3 is 5.97 Å². The third-order valence-electron chi connectivity index (χ3n) is 5.49. The van der Waals surface area contributed by atoms with Crippen LogP contribution < -0.4 is 33.2 Å². The van der Waals surface area contributed by atoms with Crippen molar-refractivity contribution in [3.05, 3.63) is 35.9 Å². The highest BCUT2D eigenvalue weighted by Crippen LogP contribution is 2.09. The number of benzene rings is 1. The average molecular weight is 507 g/mol. The Labute approximate surface area is 208 Å². The molecule has 1 aromatic rings. The van der Waals surface area contributed by atoms with Gasteiger partial charge in [0.1, 0.15) is 18.1 Å². The lowest BCUT2D eigenvalue weighted by atomic mass is 9.98. The van der Waals surface area contributed by atoms with Gasteiger partial charge in [-0.25, -0.2) is 4.79 Å². The Hall–Kier alpha value is -4.00. The Morgan fingerprint density at radius 2 is 1.36 bits per heavy atom. The van der Waals surface area contributed by atoms with Crippen molar-refractivity contribution in [3.63, 3.8) is 0 Å². The largest absolute Gasteiger partial charge is 0.480 e. The van der Waals surface area contributed by atoms with Crippen LogP contribution >= 0.6 is 0 Å². The Balaban J connectivity index is 3.14. The number of hydrogen-bond donors (Lipinski definition) is 7. The van der Waals surface area contributed by atoms with Gasteiger partial charge in [0.05, 0.1) is 18.9 Å². The highest BCUT2D eigenvalue weighted by molar-refractivity contribution is 5.96. The summed E-state index contributed by atoms with van der Waals surface area (Å²) in [7, 11) is 0. The van der Waals surface area contributed by atoms with Crippen molar-refractivity contribution in [2.75, 3.05) is 0 Å². The number of carboxylic acid groups (broad SMARTS) is 1. The van der Waals surface area contributed by atoms with E-state index in [9.17, 15) is 33.9 Å². The van der Waals surface area contributed by atoms with Crippen LogP contribution in [-0.4, -0.2) is 64.8 Å². The molecule has 0 aliphatic heterocycles. The molecule has 5 unspecified atom stereocenters. The summed E-state index contributed by atoms with van der Waals surface area (Å²) >= 11 is 0. The maximum Gasteiger partial charge on any atom is 0.326 e. The van der Waals surface area contributed by atoms with Gasteiger partial charge < -0.3 is 38.3 Å². The van der Waals surface area contributed by atoms with Crippen LogP contribution in [-0.2, 0) is 35.2 Å². The second-order valence-corrected chi connectivity index (χ2v) is 8.47. The molecule has 0 spiro atoms. The fourth-order valence-corrected chi connectivity index (χ4v) is 3.27. The van der Waals surface area contributed by atoms with Gasteiger partial charge in [0.2, 0.25) is 29.5 Å². The molecule has 0 saturated carbocycles. The second kappa shape index (κ2) is 14.4. The maximum absolute atomic E-state index is 13.1. The zero-order valence-corrected chi connectivity index (χ0v) is 20.2. The number of carboxylic acids is 1. The minimum absolute atomic E-state index is 0.0166. The lowest BCUT2D eigenvalue weighted by molar-refractivity contribution is -0.144. The molecule has 0 radical (unpaired) electrons. The number of hydrogen-bond acceptors (Lipinski definition) is 7. The molecule has 0 bridgehead atoms. The number of aliphatic carboxylic acids is 1. The van der Waals surface area contributed by atoms with Gasteiger partial charge in [-0.2, -0.15) is 0 Å². The van der Waals surface area contributed by atoms with Crippen molar-refractivity contribution in [3.8, 4) is 0 Å². The molecule has 13 heteroatoms. The van der Waals surface area contributed by atoms with Crippen LogP contribution in [0.25, 0.3) is 0 Å². The summed E-state index contributed by atoms with van der Waals surface area (Å²) in [6.07, 6.45) is -0.639. The molecule has 5 amide bonds. The van der Waals surface area contributed by atoms with E-state index in [2.05, 4.69) is 16.0 Å². The average Bonchev–Trinajstić information content (AvgIpc) is 2.80. The molecule has 13 nitrogen and oxygen atoms in total. The fourth-order valence-electron chi connectivity index (χ4n) is 3.27. The molecule has 0 saturated heterocycles. The minimum atomic E-state index is -1.50. The summed E-state index contributed by atoms with van der Waals surface area (Å²) in [6, 6.07) is 3.25. The first kappa shape index (κ1) is 30.0. The Kier molecular flexibility index (Phi) is 12.0. The topological polar surface area (TPSA) is 237 Å². The van der Waals surface area contributed by atoms with Crippen molar-refractivity contribution in [1.29, 1.82) is 0 Å². The van der Waals surface area contributed by atoms with Gasteiger partial charge in [0.25, 0.3) is 0 Å². The van der Waals surface area contributed by atoms with Gasteiger partial charge in [-0.3, -0.25) is 24.0 Å². The van der Waals surface area contributed by atoms with Crippen LogP contribution in [0.4, 0.5) is 0 Å². The zero-order valence-electron chi connectivity index (χ0n) is 20.2. The monoisotopic (exact) mass is 506 g/mol. The van der Waals surface area contributed by atoms with E-state index in [-0.39, 0.29) is 6.42 Å². The zero-order chi connectivity index (χ0) is 27.4. The van der Waals surface area contributed by atoms with Gasteiger partial charge in [0.15, 0.2) is 0 Å². The predicted molar refractivity (Wildman–Crippen MR) is 129 cm³/mol. The highest BCUT2D eigenvalue weighted by atomic mass is 16.4. The van der Waals surface area contributed by atoms with Gasteiger partial charge in [-0.05, 0) is 11.5 Å². The van der Waals surface area contributed by atoms with Crippen molar-refractivity contribution < 1.29 is 33.9 Å². The molecular formula is C23H34N6O7. The first-order valence-electron chi connectivity index (χ1n) is 11.4. The van der Waals surface area contributed by atoms with Crippen molar-refractivity contribution in [1.82, 2.24) is 16.0 Å². The quantitative estimate of drug-likeness (QED) is 0.139. The molecule has 0 fully saturated rings. The fraction of sp³-hybridized carbons (Fsp3) is 0.478. The number of nitrogens with one attached hydrogen (secondary N) is 3. The molecule has 0 aliphatic carbocycles. The van der Waals surface area contributed by atoms with Crippen LogP contribution in [0.3, 0.4) is 0 Å². The molecule has 0 aromatic heterocycles. The summed E-state index contributed by atoms with van der Waals surface area (Å²) in [5.74, 6) is -6.05. The van der Waals surface area contributed by atoms with E-state index in [1.54, 1.807) is 44.2 Å². The summed E-state index contributed by atoms with van der Waals surface area (Å²) in [5, 5.41) is 16.6. The van der Waals surface area contributed by atoms with Crippen LogP contribution in [0, 0.1) is 5.92 Å². The molecule has 1 rings (SSSR count). The Morgan fingerprint density at radius 1 is 0.833 bits per heavy atom. The maximum atomic E-state index is 13.1. The number of carbonyl (C=O) groups is 6. The van der Waals surface area contributed by atoms with E-state index in [1.807, 2.05) is 0 Å². The number of carbonyl (C=O) groups excluding carboxylic acids is 5. The molecule has 0 aliphatic rings. The third-order valence-corrected chi connectivity index (χ3v) is 5.49. The van der Waals surface area contributed by atoms with Crippen LogP contribution in [0.1, 0.15) is 38.7 Å². The molecule has 198 valence electrons. The normalized spacial score (nSPS) is 14.9. The van der Waals surface area contributed by atoms with E-state index in [0.29, 0.717) is 12.0 Å². The van der Waals surface area contributed by atoms with E-state index in [4.69, 9.17) is 17.2 Å². The summed E-state index contributed by atoms with van der Waals surface area (Å²) in [5.41, 5.74) is 16.6. The highest BCUT2D eigenvalue weighted by Gasteiger charge is 2.33. The minimum Gasteiger partial charge on any atom is -0.480 e. The lowest BCUT2D eigenvalue weighted by Crippen LogP contribution is -2.59. The van der Waals surface area contributed by atoms with E-state index in [1.165, 1.54) is 0 Å². The van der Waals surface area contributed by atoms with Gasteiger partial charge in [-0.15, -0.1) is 0 Å². The van der Waals surface area contributed by atoms with Crippen molar-refractivity contribution in [2.24, 2.45) is 23.1 Å². The SMILES string of the molecule is CCC(C)C(NC(=O)C(CC(N)=O)NC(=O)C(Cc1ccccc1)NC(=O)C(N)CC(N)=O)C(=O)O. The summed E-state index contributed by atoms with van der Waals surface area (Å²) in [4.78, 5) is 72.7. The predicted octanol–water partition coefficient (Wildman–Crippen LogP) is -2.11. The van der Waals surface area contributed by atoms with Gasteiger partial charge in [0, 0.05) is 6.42 Å². The number of primary amides is 2.